The van der Waals surface area contributed by atoms with Crippen molar-refractivity contribution in [3.63, 3.8) is 0 Å². The van der Waals surface area contributed by atoms with E-state index in [-0.39, 0.29) is 6.10 Å². The van der Waals surface area contributed by atoms with Crippen LogP contribution in [0.5, 0.6) is 0 Å². The molecule has 0 bridgehead atoms. The Kier molecular flexibility index (Phi) is 5.38. The summed E-state index contributed by atoms with van der Waals surface area (Å²) < 4.78 is 0. The molecule has 20 heavy (non-hydrogen) atoms. The number of nitrogens with one attached hydrogen (secondary N) is 1. The molecule has 0 amide bonds. The molecule has 0 radical (unpaired) electrons. The largest absolute Gasteiger partial charge is 0.393 e. The van der Waals surface area contributed by atoms with Crippen molar-refractivity contribution in [2.45, 2.75) is 45.3 Å². The normalized spacial score (nSPS) is 19.9. The molecule has 112 valence electrons. The van der Waals surface area contributed by atoms with Gasteiger partial charge in [-0.25, -0.2) is 0 Å². The lowest BCUT2D eigenvalue weighted by Gasteiger charge is -2.34. The average molecular weight is 277 g/mol. The highest BCUT2D eigenvalue weighted by atomic mass is 16.3. The summed E-state index contributed by atoms with van der Waals surface area (Å²) in [5.74, 6) is 0.451. The number of aliphatic hydroxyl groups excluding tert-OH is 1. The third-order valence-electron chi connectivity index (χ3n) is 4.47. The second kappa shape index (κ2) is 7.04. The van der Waals surface area contributed by atoms with Gasteiger partial charge in [0.05, 0.1) is 23.7 Å². The van der Waals surface area contributed by atoms with E-state index in [9.17, 15) is 5.11 Å². The molecule has 0 aliphatic carbocycles. The van der Waals surface area contributed by atoms with Crippen molar-refractivity contribution < 1.29 is 5.11 Å². The Balaban J connectivity index is 1.97. The van der Waals surface area contributed by atoms with Crippen molar-refractivity contribution in [1.82, 2.24) is 10.3 Å². The molecule has 1 aromatic heterocycles. The molecule has 0 aromatic carbocycles. The van der Waals surface area contributed by atoms with Crippen LogP contribution in [0.3, 0.4) is 0 Å². The number of rotatable bonds is 5. The average Bonchev–Trinajstić information content (AvgIpc) is 2.49. The zero-order chi connectivity index (χ0) is 14.5. The third kappa shape index (κ3) is 3.49. The van der Waals surface area contributed by atoms with Gasteiger partial charge < -0.3 is 15.3 Å². The van der Waals surface area contributed by atoms with E-state index in [4.69, 9.17) is 0 Å². The van der Waals surface area contributed by atoms with Crippen LogP contribution >= 0.6 is 0 Å². The smallest absolute Gasteiger partial charge is 0.0574 e. The van der Waals surface area contributed by atoms with Gasteiger partial charge in [-0.3, -0.25) is 4.98 Å². The summed E-state index contributed by atoms with van der Waals surface area (Å²) in [6.07, 6.45) is 4.97. The predicted molar refractivity (Wildman–Crippen MR) is 82.9 cm³/mol. The maximum absolute atomic E-state index is 9.65. The first-order chi connectivity index (χ1) is 9.65. The summed E-state index contributed by atoms with van der Waals surface area (Å²) in [4.78, 5) is 6.97. The number of anilines is 1. The minimum Gasteiger partial charge on any atom is -0.393 e. The van der Waals surface area contributed by atoms with E-state index in [1.54, 1.807) is 0 Å². The van der Waals surface area contributed by atoms with Crippen LogP contribution in [0.2, 0.25) is 0 Å². The van der Waals surface area contributed by atoms with E-state index < -0.39 is 0 Å². The summed E-state index contributed by atoms with van der Waals surface area (Å²) in [5.41, 5.74) is 2.31. The van der Waals surface area contributed by atoms with Crippen molar-refractivity contribution in [1.29, 1.82) is 0 Å². The van der Waals surface area contributed by atoms with Crippen LogP contribution in [0, 0.1) is 5.92 Å². The lowest BCUT2D eigenvalue weighted by Crippen LogP contribution is -2.37. The van der Waals surface area contributed by atoms with Crippen molar-refractivity contribution in [2.24, 2.45) is 5.92 Å². The number of nitrogens with zero attached hydrogens (tertiary/aromatic N) is 2. The van der Waals surface area contributed by atoms with E-state index >= 15 is 0 Å². The molecule has 1 aromatic rings. The molecule has 1 fully saturated rings. The molecule has 2 heterocycles. The molecule has 0 spiro atoms. The molecule has 1 aliphatic heterocycles. The van der Waals surface area contributed by atoms with E-state index in [2.05, 4.69) is 34.3 Å². The van der Waals surface area contributed by atoms with E-state index in [0.29, 0.717) is 12.0 Å². The Morgan fingerprint density at radius 3 is 2.55 bits per heavy atom. The van der Waals surface area contributed by atoms with Gasteiger partial charge in [0.25, 0.3) is 0 Å². The Morgan fingerprint density at radius 2 is 2.10 bits per heavy atom. The third-order valence-corrected chi connectivity index (χ3v) is 4.47. The lowest BCUT2D eigenvalue weighted by atomic mass is 9.92. The Bertz CT molecular complexity index is 393. The lowest BCUT2D eigenvalue weighted by molar-refractivity contribution is 0.110. The highest BCUT2D eigenvalue weighted by Gasteiger charge is 2.23. The Morgan fingerprint density at radius 1 is 1.40 bits per heavy atom. The van der Waals surface area contributed by atoms with Crippen LogP contribution < -0.4 is 10.2 Å². The Labute approximate surface area is 122 Å². The number of aliphatic hydroxyl groups is 1. The maximum Gasteiger partial charge on any atom is 0.0574 e. The van der Waals surface area contributed by atoms with Crippen molar-refractivity contribution >= 4 is 5.69 Å². The summed E-state index contributed by atoms with van der Waals surface area (Å²) >= 11 is 0. The van der Waals surface area contributed by atoms with Gasteiger partial charge >= 0.3 is 0 Å². The van der Waals surface area contributed by atoms with Crippen LogP contribution in [0.4, 0.5) is 5.69 Å². The van der Waals surface area contributed by atoms with Gasteiger partial charge in [-0.2, -0.15) is 0 Å². The van der Waals surface area contributed by atoms with Gasteiger partial charge in [-0.1, -0.05) is 6.92 Å². The first kappa shape index (κ1) is 15.3. The molecule has 2 N–H and O–H groups in total. The van der Waals surface area contributed by atoms with Gasteiger partial charge in [-0.15, -0.1) is 0 Å². The van der Waals surface area contributed by atoms with E-state index in [1.165, 1.54) is 5.69 Å². The van der Waals surface area contributed by atoms with E-state index in [1.807, 2.05) is 20.2 Å². The second-order valence-electron chi connectivity index (χ2n) is 5.76. The van der Waals surface area contributed by atoms with Gasteiger partial charge in [0, 0.05) is 19.1 Å². The molecule has 2 unspecified atom stereocenters. The quantitative estimate of drug-likeness (QED) is 0.867. The molecule has 2 rings (SSSR count). The minimum absolute atomic E-state index is 0.182. The van der Waals surface area contributed by atoms with Gasteiger partial charge in [0.15, 0.2) is 0 Å². The summed E-state index contributed by atoms with van der Waals surface area (Å²) in [5, 5.41) is 12.9. The molecule has 2 atom stereocenters. The molecule has 4 nitrogen and oxygen atoms in total. The topological polar surface area (TPSA) is 48.4 Å². The van der Waals surface area contributed by atoms with Gasteiger partial charge in [0.2, 0.25) is 0 Å². The highest BCUT2D eigenvalue weighted by Crippen LogP contribution is 2.25. The Hall–Kier alpha value is -1.13. The monoisotopic (exact) mass is 277 g/mol. The summed E-state index contributed by atoms with van der Waals surface area (Å²) in [6, 6.07) is 4.64. The first-order valence-corrected chi connectivity index (χ1v) is 7.72. The van der Waals surface area contributed by atoms with Crippen molar-refractivity contribution in [3.05, 3.63) is 24.0 Å². The summed E-state index contributed by atoms with van der Waals surface area (Å²) in [7, 11) is 1.98. The standard InChI is InChI=1S/C16H27N3O/c1-4-15(17-3)16-6-5-14(11-18-16)19-9-7-13(8-10-19)12(2)20/h5-6,11-13,15,17,20H,4,7-10H2,1-3H3. The number of aromatic nitrogens is 1. The SMILES string of the molecule is CCC(NC)c1ccc(N2CCC(C(C)O)CC2)cn1. The fourth-order valence-corrected chi connectivity index (χ4v) is 2.99. The number of piperidine rings is 1. The fourth-order valence-electron chi connectivity index (χ4n) is 2.99. The van der Waals surface area contributed by atoms with E-state index in [0.717, 1.165) is 38.0 Å². The number of hydrogen-bond acceptors (Lipinski definition) is 4. The maximum atomic E-state index is 9.65. The molecular formula is C16H27N3O. The zero-order valence-corrected chi connectivity index (χ0v) is 12.8. The molecule has 1 aliphatic rings. The molecule has 1 saturated heterocycles. The second-order valence-corrected chi connectivity index (χ2v) is 5.76. The van der Waals surface area contributed by atoms with Crippen molar-refractivity contribution in [2.75, 3.05) is 25.0 Å². The zero-order valence-electron chi connectivity index (χ0n) is 12.8. The highest BCUT2D eigenvalue weighted by molar-refractivity contribution is 5.45. The van der Waals surface area contributed by atoms with Gasteiger partial charge in [0.1, 0.15) is 0 Å². The molecule has 4 heteroatoms. The van der Waals surface area contributed by atoms with Gasteiger partial charge in [-0.05, 0) is 51.3 Å². The first-order valence-electron chi connectivity index (χ1n) is 7.72. The number of pyridine rings is 1. The van der Waals surface area contributed by atoms with Crippen LogP contribution in [0.15, 0.2) is 18.3 Å². The van der Waals surface area contributed by atoms with Crippen LogP contribution in [-0.4, -0.2) is 36.3 Å². The molecular weight excluding hydrogens is 250 g/mol. The van der Waals surface area contributed by atoms with Crippen LogP contribution in [-0.2, 0) is 0 Å². The summed E-state index contributed by atoms with van der Waals surface area (Å²) in [6.45, 7) is 6.09. The fraction of sp³-hybridized carbons (Fsp3) is 0.688. The predicted octanol–water partition coefficient (Wildman–Crippen LogP) is 2.35. The van der Waals surface area contributed by atoms with Crippen LogP contribution in [0.1, 0.15) is 44.8 Å². The van der Waals surface area contributed by atoms with Crippen molar-refractivity contribution in [3.8, 4) is 0 Å². The van der Waals surface area contributed by atoms with Crippen LogP contribution in [0.25, 0.3) is 0 Å². The minimum atomic E-state index is -0.182. The number of hydrogen-bond donors (Lipinski definition) is 2. The molecule has 0 saturated carbocycles.